The first-order chi connectivity index (χ1) is 8.89. The second-order valence-electron chi connectivity index (χ2n) is 4.15. The van der Waals surface area contributed by atoms with Crippen LogP contribution in [0, 0.1) is 6.92 Å². The number of benzene rings is 1. The van der Waals surface area contributed by atoms with Gasteiger partial charge in [0.25, 0.3) is 17.4 Å². The van der Waals surface area contributed by atoms with Crippen molar-refractivity contribution in [3.8, 4) is 5.75 Å². The van der Waals surface area contributed by atoms with Crippen LogP contribution in [-0.4, -0.2) is 30.1 Å². The molecule has 0 spiro atoms. The molecule has 1 aliphatic heterocycles. The molecule has 1 heterocycles. The number of aliphatic hydroxyl groups is 1. The number of aryl methyl sites for hydroxylation is 1. The summed E-state index contributed by atoms with van der Waals surface area (Å²) in [6.07, 6.45) is 0. The first kappa shape index (κ1) is 13.0. The maximum Gasteiger partial charge on any atom is 0.328 e. The Kier molecular flexibility index (Phi) is 2.99. The number of rotatable bonds is 2. The Morgan fingerprint density at radius 1 is 1.16 bits per heavy atom. The summed E-state index contributed by atoms with van der Waals surface area (Å²) in [5, 5.41) is 14.1. The minimum Gasteiger partial charge on any atom is -0.496 e. The topological polar surface area (TPSA) is 105 Å². The van der Waals surface area contributed by atoms with Crippen LogP contribution in [0.2, 0.25) is 0 Å². The van der Waals surface area contributed by atoms with Gasteiger partial charge in [0.2, 0.25) is 0 Å². The molecule has 19 heavy (non-hydrogen) atoms. The van der Waals surface area contributed by atoms with E-state index in [1.54, 1.807) is 13.0 Å². The summed E-state index contributed by atoms with van der Waals surface area (Å²) in [4.78, 5) is 34.7. The van der Waals surface area contributed by atoms with Crippen molar-refractivity contribution in [2.75, 3.05) is 7.11 Å². The number of amides is 4. The van der Waals surface area contributed by atoms with Crippen molar-refractivity contribution in [2.45, 2.75) is 12.5 Å². The van der Waals surface area contributed by atoms with E-state index in [2.05, 4.69) is 0 Å². The first-order valence-corrected chi connectivity index (χ1v) is 5.44. The molecule has 100 valence electrons. The van der Waals surface area contributed by atoms with Gasteiger partial charge < -0.3 is 9.84 Å². The van der Waals surface area contributed by atoms with Crippen molar-refractivity contribution in [1.82, 2.24) is 10.6 Å². The lowest BCUT2D eigenvalue weighted by molar-refractivity contribution is -0.155. The van der Waals surface area contributed by atoms with Crippen LogP contribution in [0.15, 0.2) is 18.2 Å². The highest BCUT2D eigenvalue weighted by Gasteiger charge is 2.52. The molecule has 0 aliphatic carbocycles. The molecule has 1 fully saturated rings. The normalized spacial score (nSPS) is 17.7. The Bertz CT molecular complexity index is 561. The smallest absolute Gasteiger partial charge is 0.328 e. The van der Waals surface area contributed by atoms with Gasteiger partial charge in [0.1, 0.15) is 5.75 Å². The van der Waals surface area contributed by atoms with Crippen molar-refractivity contribution in [3.63, 3.8) is 0 Å². The molecule has 7 heteroatoms. The number of hydrogen-bond donors (Lipinski definition) is 3. The van der Waals surface area contributed by atoms with Gasteiger partial charge in [0.05, 0.1) is 7.11 Å². The molecule has 4 amide bonds. The standard InChI is InChI=1S/C12H12N2O5/c1-6-3-4-8(19-2)7(5-6)12(18)9(15)13-11(17)14-10(12)16/h3-5,18H,1-2H3,(H2,13,14,15,16,17). The summed E-state index contributed by atoms with van der Waals surface area (Å²) in [5.41, 5.74) is -1.79. The summed E-state index contributed by atoms with van der Waals surface area (Å²) in [6.45, 7) is 1.73. The molecule has 0 saturated carbocycles. The van der Waals surface area contributed by atoms with Gasteiger partial charge in [-0.05, 0) is 19.1 Å². The Hall–Kier alpha value is -2.41. The summed E-state index contributed by atoms with van der Waals surface area (Å²) >= 11 is 0. The SMILES string of the molecule is COc1ccc(C)cc1C1(O)C(=O)NC(=O)NC1=O. The van der Waals surface area contributed by atoms with E-state index in [0.29, 0.717) is 0 Å². The monoisotopic (exact) mass is 264 g/mol. The second kappa shape index (κ2) is 4.36. The van der Waals surface area contributed by atoms with Crippen LogP contribution in [0.4, 0.5) is 4.79 Å². The van der Waals surface area contributed by atoms with Crippen LogP contribution in [0.1, 0.15) is 11.1 Å². The lowest BCUT2D eigenvalue weighted by Gasteiger charge is -2.30. The summed E-state index contributed by atoms with van der Waals surface area (Å²) < 4.78 is 5.04. The van der Waals surface area contributed by atoms with Crippen molar-refractivity contribution in [2.24, 2.45) is 0 Å². The number of imide groups is 2. The minimum atomic E-state index is -2.49. The Labute approximate surface area is 108 Å². The number of ether oxygens (including phenoxy) is 1. The van der Waals surface area contributed by atoms with E-state index in [1.807, 2.05) is 10.6 Å². The highest BCUT2D eigenvalue weighted by atomic mass is 16.5. The fourth-order valence-corrected chi connectivity index (χ4v) is 1.87. The third-order valence-corrected chi connectivity index (χ3v) is 2.86. The van der Waals surface area contributed by atoms with E-state index in [-0.39, 0.29) is 11.3 Å². The molecule has 0 atom stereocenters. The highest BCUT2D eigenvalue weighted by molar-refractivity contribution is 6.21. The molecule has 0 unspecified atom stereocenters. The Morgan fingerprint density at radius 3 is 2.26 bits per heavy atom. The van der Waals surface area contributed by atoms with E-state index in [9.17, 15) is 19.5 Å². The third kappa shape index (κ3) is 1.93. The van der Waals surface area contributed by atoms with E-state index < -0.39 is 23.4 Å². The minimum absolute atomic E-state index is 0.0162. The predicted molar refractivity (Wildman–Crippen MR) is 63.3 cm³/mol. The fraction of sp³-hybridized carbons (Fsp3) is 0.250. The summed E-state index contributed by atoms with van der Waals surface area (Å²) in [6, 6.07) is 3.72. The van der Waals surface area contributed by atoms with Gasteiger partial charge in [0, 0.05) is 5.56 Å². The summed E-state index contributed by atoms with van der Waals surface area (Å²) in [7, 11) is 1.35. The third-order valence-electron chi connectivity index (χ3n) is 2.86. The Morgan fingerprint density at radius 2 is 1.74 bits per heavy atom. The van der Waals surface area contributed by atoms with Gasteiger partial charge in [-0.3, -0.25) is 20.2 Å². The highest BCUT2D eigenvalue weighted by Crippen LogP contribution is 2.32. The second-order valence-corrected chi connectivity index (χ2v) is 4.15. The van der Waals surface area contributed by atoms with Crippen molar-refractivity contribution in [3.05, 3.63) is 29.3 Å². The van der Waals surface area contributed by atoms with Crippen molar-refractivity contribution < 1.29 is 24.2 Å². The van der Waals surface area contributed by atoms with Crippen LogP contribution >= 0.6 is 0 Å². The quantitative estimate of drug-likeness (QED) is 0.628. The molecule has 1 aromatic carbocycles. The molecule has 3 N–H and O–H groups in total. The molecule has 0 aromatic heterocycles. The van der Waals surface area contributed by atoms with E-state index in [4.69, 9.17) is 4.74 Å². The number of methoxy groups -OCH3 is 1. The molecule has 1 saturated heterocycles. The van der Waals surface area contributed by atoms with Crippen LogP contribution in [0.25, 0.3) is 0 Å². The number of barbiturate groups is 1. The number of carbonyl (C=O) groups is 3. The van der Waals surface area contributed by atoms with Crippen LogP contribution < -0.4 is 15.4 Å². The van der Waals surface area contributed by atoms with Crippen LogP contribution in [0.3, 0.4) is 0 Å². The molecule has 0 bridgehead atoms. The average Bonchev–Trinajstić information content (AvgIpc) is 2.35. The average molecular weight is 264 g/mol. The largest absolute Gasteiger partial charge is 0.496 e. The first-order valence-electron chi connectivity index (χ1n) is 5.44. The van der Waals surface area contributed by atoms with Crippen molar-refractivity contribution >= 4 is 17.8 Å². The number of nitrogens with one attached hydrogen (secondary N) is 2. The van der Waals surface area contributed by atoms with Gasteiger partial charge >= 0.3 is 6.03 Å². The van der Waals surface area contributed by atoms with Gasteiger partial charge in [-0.2, -0.15) is 0 Å². The zero-order valence-corrected chi connectivity index (χ0v) is 10.3. The maximum absolute atomic E-state index is 11.8. The summed E-state index contributed by atoms with van der Waals surface area (Å²) in [5.74, 6) is -2.04. The molecule has 1 aromatic rings. The van der Waals surface area contributed by atoms with Gasteiger partial charge in [-0.25, -0.2) is 4.79 Å². The molecule has 7 nitrogen and oxygen atoms in total. The predicted octanol–water partition coefficient (Wildman–Crippen LogP) is -0.443. The molecule has 2 rings (SSSR count). The van der Waals surface area contributed by atoms with Gasteiger partial charge in [-0.1, -0.05) is 11.6 Å². The zero-order valence-electron chi connectivity index (χ0n) is 10.3. The van der Waals surface area contributed by atoms with Crippen LogP contribution in [0.5, 0.6) is 5.75 Å². The lowest BCUT2D eigenvalue weighted by Crippen LogP contribution is -2.64. The zero-order chi connectivity index (χ0) is 14.2. The fourth-order valence-electron chi connectivity index (χ4n) is 1.87. The molecule has 1 aliphatic rings. The van der Waals surface area contributed by atoms with Gasteiger partial charge in [0.15, 0.2) is 0 Å². The molecular formula is C12H12N2O5. The molecule has 0 radical (unpaired) electrons. The number of urea groups is 1. The van der Waals surface area contributed by atoms with E-state index >= 15 is 0 Å². The Balaban J connectivity index is 2.61. The number of carbonyl (C=O) groups excluding carboxylic acids is 3. The van der Waals surface area contributed by atoms with E-state index in [0.717, 1.165) is 5.56 Å². The lowest BCUT2D eigenvalue weighted by atomic mass is 9.88. The maximum atomic E-state index is 11.8. The van der Waals surface area contributed by atoms with E-state index in [1.165, 1.54) is 19.2 Å². The van der Waals surface area contributed by atoms with Gasteiger partial charge in [-0.15, -0.1) is 0 Å². The van der Waals surface area contributed by atoms with Crippen molar-refractivity contribution in [1.29, 1.82) is 0 Å². The molecular weight excluding hydrogens is 252 g/mol. The van der Waals surface area contributed by atoms with Crippen LogP contribution in [-0.2, 0) is 15.2 Å². The number of hydrogen-bond acceptors (Lipinski definition) is 5.